The lowest BCUT2D eigenvalue weighted by Crippen LogP contribution is -2.51. The number of fused-ring (bicyclic) bond motifs is 5. The normalized spacial score (nSPS) is 36.0. The highest BCUT2D eigenvalue weighted by Crippen LogP contribution is 2.67. The highest BCUT2D eigenvalue weighted by molar-refractivity contribution is 5.78. The first-order valence-corrected chi connectivity index (χ1v) is 15.8. The molecule has 0 unspecified atom stereocenters. The molecule has 3 saturated carbocycles. The zero-order chi connectivity index (χ0) is 28.2. The number of hydrogen-bond donors (Lipinski definition) is 1. The van der Waals surface area contributed by atoms with Gasteiger partial charge in [0, 0.05) is 32.2 Å². The van der Waals surface area contributed by atoms with Crippen molar-refractivity contribution in [3.8, 4) is 0 Å². The molecule has 0 aliphatic heterocycles. The van der Waals surface area contributed by atoms with E-state index < -0.39 is 0 Å². The molecule has 4 aliphatic rings. The summed E-state index contributed by atoms with van der Waals surface area (Å²) in [7, 11) is 1.44. The van der Waals surface area contributed by atoms with Crippen LogP contribution in [0, 0.1) is 40.4 Å². The molecule has 4 rings (SSSR count). The van der Waals surface area contributed by atoms with Crippen LogP contribution in [0.25, 0.3) is 0 Å². The second kappa shape index (κ2) is 12.8. The smallest absolute Gasteiger partial charge is 0.305 e. The van der Waals surface area contributed by atoms with E-state index in [4.69, 9.17) is 4.74 Å². The first-order valence-electron chi connectivity index (χ1n) is 15.8. The van der Waals surface area contributed by atoms with Crippen molar-refractivity contribution in [2.75, 3.05) is 13.7 Å². The van der Waals surface area contributed by atoms with Crippen LogP contribution in [0.3, 0.4) is 0 Å². The fourth-order valence-electron chi connectivity index (χ4n) is 9.41. The van der Waals surface area contributed by atoms with Crippen LogP contribution in [0.5, 0.6) is 0 Å². The minimum absolute atomic E-state index is 0.0500. The molecular weight excluding hydrogens is 490 g/mol. The number of methoxy groups -OCH3 is 1. The van der Waals surface area contributed by atoms with Gasteiger partial charge in [-0.25, -0.2) is 0 Å². The Morgan fingerprint density at radius 3 is 2.49 bits per heavy atom. The Morgan fingerprint density at radius 1 is 1.00 bits per heavy atom. The summed E-state index contributed by atoms with van der Waals surface area (Å²) in [4.78, 5) is 36.0. The van der Waals surface area contributed by atoms with Crippen molar-refractivity contribution in [2.45, 2.75) is 124 Å². The molecule has 1 amide bonds. The molecule has 0 aromatic heterocycles. The van der Waals surface area contributed by atoms with Crippen molar-refractivity contribution in [3.05, 3.63) is 11.6 Å². The molecule has 39 heavy (non-hydrogen) atoms. The molecule has 0 heterocycles. The van der Waals surface area contributed by atoms with Gasteiger partial charge in [-0.1, -0.05) is 51.7 Å². The number of ether oxygens (including phenoxy) is 2. The third-order valence-corrected chi connectivity index (χ3v) is 11.6. The Kier molecular flexibility index (Phi) is 9.86. The van der Waals surface area contributed by atoms with E-state index >= 15 is 0 Å². The quantitative estimate of drug-likeness (QED) is 0.177. The molecule has 1 N–H and O–H groups in total. The maximum absolute atomic E-state index is 13.2. The number of unbranched alkanes of at least 4 members (excludes halogenated alkanes) is 4. The fourth-order valence-corrected chi connectivity index (χ4v) is 9.41. The van der Waals surface area contributed by atoms with E-state index in [1.165, 1.54) is 45.3 Å². The highest BCUT2D eigenvalue weighted by atomic mass is 16.5. The number of carbonyl (C=O) groups excluding carboxylic acids is 3. The lowest BCUT2D eigenvalue weighted by molar-refractivity contribution is -0.148. The highest BCUT2D eigenvalue weighted by Gasteiger charge is 2.59. The minimum atomic E-state index is -0.158. The number of rotatable bonds is 11. The summed E-state index contributed by atoms with van der Waals surface area (Å²) < 4.78 is 10.3. The number of nitrogens with one attached hydrogen (secondary N) is 1. The Balaban J connectivity index is 1.28. The molecule has 8 atom stereocenters. The third kappa shape index (κ3) is 6.40. The Morgan fingerprint density at radius 2 is 1.74 bits per heavy atom. The second-order valence-corrected chi connectivity index (χ2v) is 13.6. The van der Waals surface area contributed by atoms with Crippen LogP contribution < -0.4 is 5.32 Å². The number of amides is 1. The molecule has 6 nitrogen and oxygen atoms in total. The Hall–Kier alpha value is -1.85. The summed E-state index contributed by atoms with van der Waals surface area (Å²) in [5.74, 6) is 2.58. The number of esters is 2. The van der Waals surface area contributed by atoms with E-state index in [0.717, 1.165) is 64.3 Å². The van der Waals surface area contributed by atoms with Crippen molar-refractivity contribution in [1.82, 2.24) is 5.32 Å². The van der Waals surface area contributed by atoms with E-state index in [1.54, 1.807) is 0 Å². The second-order valence-electron chi connectivity index (χ2n) is 13.6. The Bertz CT molecular complexity index is 929. The van der Waals surface area contributed by atoms with Crippen LogP contribution >= 0.6 is 0 Å². The zero-order valence-electron chi connectivity index (χ0n) is 25.2. The lowest BCUT2D eigenvalue weighted by atomic mass is 9.47. The molecule has 3 fully saturated rings. The van der Waals surface area contributed by atoms with Gasteiger partial charge in [-0.15, -0.1) is 0 Å². The molecule has 0 saturated heterocycles. The van der Waals surface area contributed by atoms with E-state index in [-0.39, 0.29) is 40.7 Å². The average molecular weight is 544 g/mol. The number of hydrogen-bond acceptors (Lipinski definition) is 5. The van der Waals surface area contributed by atoms with Gasteiger partial charge in [0.25, 0.3) is 0 Å². The van der Waals surface area contributed by atoms with E-state index in [0.29, 0.717) is 30.1 Å². The van der Waals surface area contributed by atoms with Gasteiger partial charge in [0.05, 0.1) is 7.11 Å². The van der Waals surface area contributed by atoms with Crippen LogP contribution in [0.1, 0.15) is 118 Å². The SMILES string of the molecule is COC(=O)CCCCCCCNC(=O)[C@@H](C)[C@H]1CC[C@H]2[C@@H]3CC=C4C[C@@H](OC(C)=O)CC[C@]4(C)[C@H]3CC[C@]12C. The monoisotopic (exact) mass is 543 g/mol. The van der Waals surface area contributed by atoms with Crippen molar-refractivity contribution in [1.29, 1.82) is 0 Å². The standard InChI is InChI=1S/C33H53NO5/c1-22(31(37)34-20-10-8-6-7-9-11-30(36)38-5)27-14-15-28-26-13-12-24-21-25(39-23(2)35)16-18-32(24,3)29(26)17-19-33(27,28)4/h12,22,25-29H,6-11,13-21H2,1-5H3,(H,34,37)/t22-,25-,26-,27+,28-,29-,32-,33+/m0/s1. The maximum atomic E-state index is 13.2. The molecule has 0 radical (unpaired) electrons. The van der Waals surface area contributed by atoms with Crippen LogP contribution in [-0.4, -0.2) is 37.6 Å². The minimum Gasteiger partial charge on any atom is -0.469 e. The van der Waals surface area contributed by atoms with Crippen LogP contribution in [0.2, 0.25) is 0 Å². The molecular formula is C33H53NO5. The lowest BCUT2D eigenvalue weighted by Gasteiger charge is -2.58. The van der Waals surface area contributed by atoms with Gasteiger partial charge in [0.1, 0.15) is 6.10 Å². The topological polar surface area (TPSA) is 81.7 Å². The summed E-state index contributed by atoms with van der Waals surface area (Å²) in [6.07, 6.45) is 17.2. The summed E-state index contributed by atoms with van der Waals surface area (Å²) in [5.41, 5.74) is 2.02. The molecule has 4 aliphatic carbocycles. The van der Waals surface area contributed by atoms with Gasteiger partial charge in [-0.3, -0.25) is 14.4 Å². The summed E-state index contributed by atoms with van der Waals surface area (Å²) >= 11 is 0. The predicted molar refractivity (Wildman–Crippen MR) is 153 cm³/mol. The molecule has 6 heteroatoms. The molecule has 0 bridgehead atoms. The molecule has 0 spiro atoms. The summed E-state index contributed by atoms with van der Waals surface area (Å²) in [6, 6.07) is 0. The number of allylic oxidation sites excluding steroid dienone is 1. The van der Waals surface area contributed by atoms with Crippen molar-refractivity contribution in [2.24, 2.45) is 40.4 Å². The van der Waals surface area contributed by atoms with Gasteiger partial charge in [-0.2, -0.15) is 0 Å². The first-order chi connectivity index (χ1) is 18.6. The number of carbonyl (C=O) groups is 3. The maximum Gasteiger partial charge on any atom is 0.305 e. The largest absolute Gasteiger partial charge is 0.469 e. The first kappa shape index (κ1) is 30.1. The van der Waals surface area contributed by atoms with E-state index in [2.05, 4.69) is 36.9 Å². The summed E-state index contributed by atoms with van der Waals surface area (Å²) in [6.45, 7) is 9.44. The van der Waals surface area contributed by atoms with Gasteiger partial charge < -0.3 is 14.8 Å². The van der Waals surface area contributed by atoms with E-state index in [9.17, 15) is 14.4 Å². The van der Waals surface area contributed by atoms with Crippen LogP contribution in [-0.2, 0) is 23.9 Å². The van der Waals surface area contributed by atoms with Crippen molar-refractivity contribution < 1.29 is 23.9 Å². The summed E-state index contributed by atoms with van der Waals surface area (Å²) in [5, 5.41) is 3.25. The average Bonchev–Trinajstić information content (AvgIpc) is 3.26. The van der Waals surface area contributed by atoms with Gasteiger partial charge in [-0.05, 0) is 92.3 Å². The van der Waals surface area contributed by atoms with Crippen molar-refractivity contribution >= 4 is 17.8 Å². The van der Waals surface area contributed by atoms with Gasteiger partial charge >= 0.3 is 11.9 Å². The molecule has 0 aromatic rings. The van der Waals surface area contributed by atoms with E-state index in [1.807, 2.05) is 0 Å². The predicted octanol–water partition coefficient (Wildman–Crippen LogP) is 6.76. The molecule has 220 valence electrons. The van der Waals surface area contributed by atoms with Gasteiger partial charge in [0.2, 0.25) is 5.91 Å². The Labute approximate surface area is 236 Å². The fraction of sp³-hybridized carbons (Fsp3) is 0.848. The van der Waals surface area contributed by atoms with Crippen molar-refractivity contribution in [3.63, 3.8) is 0 Å². The van der Waals surface area contributed by atoms with Crippen LogP contribution in [0.4, 0.5) is 0 Å². The molecule has 0 aromatic carbocycles. The van der Waals surface area contributed by atoms with Gasteiger partial charge in [0.15, 0.2) is 0 Å². The van der Waals surface area contributed by atoms with Crippen LogP contribution in [0.15, 0.2) is 11.6 Å². The zero-order valence-corrected chi connectivity index (χ0v) is 25.2. The third-order valence-electron chi connectivity index (χ3n) is 11.6.